The van der Waals surface area contributed by atoms with E-state index in [1.807, 2.05) is 13.8 Å². The smallest absolute Gasteiger partial charge is 0.227 e. The maximum Gasteiger partial charge on any atom is 0.227 e. The van der Waals surface area contributed by atoms with Crippen LogP contribution >= 0.6 is 0 Å². The molecule has 9 heteroatoms. The fourth-order valence-electron chi connectivity index (χ4n) is 1.45. The zero-order chi connectivity index (χ0) is 20.5. The topological polar surface area (TPSA) is 144 Å². The fraction of sp³-hybridized carbons (Fsp3) is 0.765. The Labute approximate surface area is 156 Å². The zero-order valence-electron chi connectivity index (χ0n) is 16.3. The molecule has 2 amide bonds. The molecular formula is C17H36N4O5. The van der Waals surface area contributed by atoms with Crippen molar-refractivity contribution in [1.82, 2.24) is 10.6 Å². The summed E-state index contributed by atoms with van der Waals surface area (Å²) in [6.45, 7) is 6.39. The number of rotatable bonds is 15. The zero-order valence-corrected chi connectivity index (χ0v) is 16.3. The van der Waals surface area contributed by atoms with Crippen molar-refractivity contribution in [3.05, 3.63) is 0 Å². The van der Waals surface area contributed by atoms with Crippen LogP contribution < -0.4 is 16.4 Å². The van der Waals surface area contributed by atoms with Crippen LogP contribution in [0.2, 0.25) is 0 Å². The van der Waals surface area contributed by atoms with Crippen LogP contribution in [0.5, 0.6) is 0 Å². The highest BCUT2D eigenvalue weighted by atomic mass is 16.5. The average Bonchev–Trinajstić information content (AvgIpc) is 2.67. The summed E-state index contributed by atoms with van der Waals surface area (Å²) in [5.74, 6) is -0.348. The first-order valence-corrected chi connectivity index (χ1v) is 8.90. The van der Waals surface area contributed by atoms with Crippen molar-refractivity contribution >= 4 is 24.3 Å². The number of carbonyl (C=O) groups excluding carboxylic acids is 3. The normalized spacial score (nSPS) is 8.92. The third-order valence-corrected chi connectivity index (χ3v) is 2.53. The maximum absolute atomic E-state index is 11.3. The van der Waals surface area contributed by atoms with Crippen molar-refractivity contribution in [3.63, 3.8) is 0 Å². The summed E-state index contributed by atoms with van der Waals surface area (Å²) >= 11 is 0. The minimum absolute atomic E-state index is 0.0345. The number of nitrogens with one attached hydrogen (secondary N) is 3. The summed E-state index contributed by atoms with van der Waals surface area (Å²) in [6, 6.07) is 0. The molecule has 0 fully saturated rings. The van der Waals surface area contributed by atoms with E-state index >= 15 is 0 Å². The molecule has 0 aromatic heterocycles. The lowest BCUT2D eigenvalue weighted by Gasteiger charge is -2.07. The van der Waals surface area contributed by atoms with Crippen LogP contribution in [-0.2, 0) is 23.9 Å². The van der Waals surface area contributed by atoms with Gasteiger partial charge < -0.3 is 36.0 Å². The second kappa shape index (κ2) is 28.0. The van der Waals surface area contributed by atoms with Gasteiger partial charge in [-0.1, -0.05) is 13.8 Å². The molecule has 0 heterocycles. The number of hydrogen-bond donors (Lipinski definition) is 4. The molecule has 0 atom stereocenters. The molecular weight excluding hydrogens is 340 g/mol. The highest BCUT2D eigenvalue weighted by Crippen LogP contribution is 1.91. The highest BCUT2D eigenvalue weighted by molar-refractivity contribution is 5.87. The predicted molar refractivity (Wildman–Crippen MR) is 102 cm³/mol. The van der Waals surface area contributed by atoms with E-state index in [1.165, 1.54) is 13.3 Å². The molecule has 0 saturated heterocycles. The molecule has 0 aliphatic heterocycles. The van der Waals surface area contributed by atoms with Gasteiger partial charge in [0.05, 0.1) is 32.8 Å². The van der Waals surface area contributed by atoms with E-state index in [4.69, 9.17) is 14.9 Å². The highest BCUT2D eigenvalue weighted by Gasteiger charge is 2.00. The first-order chi connectivity index (χ1) is 12.7. The van der Waals surface area contributed by atoms with Gasteiger partial charge in [-0.2, -0.15) is 0 Å². The molecule has 0 aromatic carbocycles. The Hall–Kier alpha value is -1.84. The van der Waals surface area contributed by atoms with Gasteiger partial charge >= 0.3 is 0 Å². The van der Waals surface area contributed by atoms with Gasteiger partial charge in [0.2, 0.25) is 11.8 Å². The molecule has 0 bridgehead atoms. The van der Waals surface area contributed by atoms with Gasteiger partial charge in [0.1, 0.15) is 6.29 Å². The van der Waals surface area contributed by atoms with E-state index in [-0.39, 0.29) is 18.2 Å². The molecule has 26 heavy (non-hydrogen) atoms. The van der Waals surface area contributed by atoms with Crippen molar-refractivity contribution in [2.45, 2.75) is 39.5 Å². The van der Waals surface area contributed by atoms with Crippen molar-refractivity contribution in [3.8, 4) is 0 Å². The number of carbonyl (C=O) groups is 3. The van der Waals surface area contributed by atoms with E-state index in [9.17, 15) is 14.4 Å². The van der Waals surface area contributed by atoms with Crippen molar-refractivity contribution in [2.75, 3.05) is 46.6 Å². The number of unbranched alkanes of at least 4 members (excludes halogenated alkanes) is 1. The van der Waals surface area contributed by atoms with Gasteiger partial charge in [-0.25, -0.2) is 0 Å². The van der Waals surface area contributed by atoms with E-state index < -0.39 is 0 Å². The van der Waals surface area contributed by atoms with Gasteiger partial charge in [-0.3, -0.25) is 9.59 Å². The Morgan fingerprint density at radius 1 is 0.962 bits per heavy atom. The van der Waals surface area contributed by atoms with Gasteiger partial charge in [0, 0.05) is 19.5 Å². The van der Waals surface area contributed by atoms with Crippen molar-refractivity contribution in [1.29, 1.82) is 5.41 Å². The fourth-order valence-corrected chi connectivity index (χ4v) is 1.45. The standard InChI is InChI=1S/C14H25N3O5.C2H6.CH5N/c15-5-2-1-3-13(19)16-6-9-21-11-12-22-10-7-17-14(20)4-8-18;2*1-2/h5,8,15H,1-4,6-7,9-12H2,(H,16,19)(H,17,20);1-2H3;2H2,1H3. The minimum atomic E-state index is -0.314. The van der Waals surface area contributed by atoms with Crippen LogP contribution in [0.1, 0.15) is 39.5 Å². The Bertz CT molecular complexity index is 341. The molecule has 0 spiro atoms. The first-order valence-electron chi connectivity index (χ1n) is 8.90. The minimum Gasteiger partial charge on any atom is -0.377 e. The van der Waals surface area contributed by atoms with Crippen molar-refractivity contribution < 1.29 is 23.9 Å². The molecule has 0 aliphatic rings. The maximum atomic E-state index is 11.3. The summed E-state index contributed by atoms with van der Waals surface area (Å²) < 4.78 is 10.5. The molecule has 0 radical (unpaired) electrons. The SMILES string of the molecule is CC.CN.N=CCCCC(=O)NCCOCCOCCNC(=O)CC=O. The number of aldehydes is 1. The molecule has 0 rings (SSSR count). The van der Waals surface area contributed by atoms with Crippen LogP contribution in [0.3, 0.4) is 0 Å². The van der Waals surface area contributed by atoms with Crippen molar-refractivity contribution in [2.24, 2.45) is 5.73 Å². The Morgan fingerprint density at radius 2 is 1.46 bits per heavy atom. The van der Waals surface area contributed by atoms with Gasteiger partial charge in [-0.05, 0) is 26.1 Å². The van der Waals surface area contributed by atoms with Crippen LogP contribution in [0.25, 0.3) is 0 Å². The third-order valence-electron chi connectivity index (χ3n) is 2.53. The lowest BCUT2D eigenvalue weighted by atomic mass is 10.2. The Kier molecular flexibility index (Phi) is 31.2. The average molecular weight is 376 g/mol. The quantitative estimate of drug-likeness (QED) is 0.140. The number of ether oxygens (including phenoxy) is 2. The Morgan fingerprint density at radius 3 is 1.92 bits per heavy atom. The molecule has 5 N–H and O–H groups in total. The van der Waals surface area contributed by atoms with Gasteiger partial charge in [-0.15, -0.1) is 0 Å². The number of nitrogens with two attached hydrogens (primary N) is 1. The van der Waals surface area contributed by atoms with E-state index in [0.717, 1.165) is 0 Å². The van der Waals surface area contributed by atoms with Crippen LogP contribution in [0, 0.1) is 5.41 Å². The molecule has 0 aromatic rings. The Balaban J connectivity index is -0.00000123. The molecule has 0 aliphatic carbocycles. The number of hydrogen-bond acceptors (Lipinski definition) is 7. The second-order valence-corrected chi connectivity index (χ2v) is 4.39. The third kappa shape index (κ3) is 27.0. The lowest BCUT2D eigenvalue weighted by molar-refractivity contribution is -0.124. The summed E-state index contributed by atoms with van der Waals surface area (Å²) in [5.41, 5.74) is 4.50. The van der Waals surface area contributed by atoms with Gasteiger partial charge in [0.15, 0.2) is 0 Å². The largest absolute Gasteiger partial charge is 0.377 e. The summed E-state index contributed by atoms with van der Waals surface area (Å²) in [4.78, 5) is 32.3. The van der Waals surface area contributed by atoms with Gasteiger partial charge in [0.25, 0.3) is 0 Å². The monoisotopic (exact) mass is 376 g/mol. The summed E-state index contributed by atoms with van der Waals surface area (Å²) in [6.07, 6.45) is 3.45. The first kappa shape index (κ1) is 28.9. The molecule has 9 nitrogen and oxygen atoms in total. The summed E-state index contributed by atoms with van der Waals surface area (Å²) in [5, 5.41) is 12.1. The van der Waals surface area contributed by atoms with Crippen LogP contribution in [0.4, 0.5) is 0 Å². The lowest BCUT2D eigenvalue weighted by Crippen LogP contribution is -2.28. The molecule has 0 unspecified atom stereocenters. The van der Waals surface area contributed by atoms with E-state index in [1.54, 1.807) is 0 Å². The summed E-state index contributed by atoms with van der Waals surface area (Å²) in [7, 11) is 1.50. The van der Waals surface area contributed by atoms with E-state index in [0.29, 0.717) is 65.1 Å². The molecule has 0 saturated carbocycles. The second-order valence-electron chi connectivity index (χ2n) is 4.39. The van der Waals surface area contributed by atoms with E-state index in [2.05, 4.69) is 16.4 Å². The molecule has 154 valence electrons. The number of amides is 2. The van der Waals surface area contributed by atoms with Crippen LogP contribution in [0.15, 0.2) is 0 Å². The predicted octanol–water partition coefficient (Wildman–Crippen LogP) is 0.262. The van der Waals surface area contributed by atoms with Crippen LogP contribution in [-0.4, -0.2) is 70.9 Å².